The lowest BCUT2D eigenvalue weighted by molar-refractivity contribution is 0.243. The second kappa shape index (κ2) is 6.98. The quantitative estimate of drug-likeness (QED) is 0.665. The highest BCUT2D eigenvalue weighted by molar-refractivity contribution is 5.44. The Hall–Kier alpha value is -2.81. The first-order chi connectivity index (χ1) is 12.3. The van der Waals surface area contributed by atoms with Crippen LogP contribution in [-0.4, -0.2) is 72.4 Å². The van der Waals surface area contributed by atoms with Crippen molar-refractivity contribution in [2.75, 3.05) is 37.6 Å². The second-order valence-electron chi connectivity index (χ2n) is 6.08. The van der Waals surface area contributed by atoms with E-state index >= 15 is 0 Å². The number of aryl methyl sites for hydroxylation is 1. The second-order valence-corrected chi connectivity index (χ2v) is 6.08. The fourth-order valence-corrected chi connectivity index (χ4v) is 3.02. The van der Waals surface area contributed by atoms with Crippen molar-refractivity contribution in [3.8, 4) is 5.82 Å². The maximum Gasteiger partial charge on any atom is 0.159 e. The van der Waals surface area contributed by atoms with Crippen LogP contribution in [0.15, 0.2) is 36.9 Å². The summed E-state index contributed by atoms with van der Waals surface area (Å²) in [5.74, 6) is 2.53. The number of aromatic nitrogens is 7. The molecule has 1 aliphatic rings. The highest BCUT2D eigenvalue weighted by Crippen LogP contribution is 2.17. The average molecular weight is 339 g/mol. The molecule has 4 rings (SSSR count). The SMILES string of the molecule is Cc1nc(N2CCN(CCn3ccnn3)CC2)cc(-n2cccn2)n1. The highest BCUT2D eigenvalue weighted by atomic mass is 15.4. The summed E-state index contributed by atoms with van der Waals surface area (Å²) in [7, 11) is 0. The van der Waals surface area contributed by atoms with E-state index in [-0.39, 0.29) is 0 Å². The van der Waals surface area contributed by atoms with Crippen molar-refractivity contribution >= 4 is 5.82 Å². The Kier molecular flexibility index (Phi) is 4.38. The van der Waals surface area contributed by atoms with Crippen LogP contribution in [0.5, 0.6) is 0 Å². The summed E-state index contributed by atoms with van der Waals surface area (Å²) < 4.78 is 3.64. The molecular weight excluding hydrogens is 318 g/mol. The molecule has 0 aromatic carbocycles. The van der Waals surface area contributed by atoms with Crippen LogP contribution < -0.4 is 4.90 Å². The molecule has 0 N–H and O–H groups in total. The maximum atomic E-state index is 4.61. The largest absolute Gasteiger partial charge is 0.354 e. The Balaban J connectivity index is 1.39. The summed E-state index contributed by atoms with van der Waals surface area (Å²) >= 11 is 0. The zero-order valence-corrected chi connectivity index (χ0v) is 14.2. The van der Waals surface area contributed by atoms with Crippen molar-refractivity contribution in [3.05, 3.63) is 42.7 Å². The predicted molar refractivity (Wildman–Crippen MR) is 92.6 cm³/mol. The third-order valence-corrected chi connectivity index (χ3v) is 4.36. The number of hydrogen-bond acceptors (Lipinski definition) is 7. The Morgan fingerprint density at radius 3 is 2.52 bits per heavy atom. The van der Waals surface area contributed by atoms with Crippen LogP contribution in [0, 0.1) is 6.92 Å². The van der Waals surface area contributed by atoms with E-state index in [4.69, 9.17) is 0 Å². The molecule has 0 aliphatic carbocycles. The van der Waals surface area contributed by atoms with Crippen LogP contribution >= 0.6 is 0 Å². The maximum absolute atomic E-state index is 4.61. The minimum Gasteiger partial charge on any atom is -0.354 e. The van der Waals surface area contributed by atoms with Gasteiger partial charge in [-0.1, -0.05) is 5.21 Å². The van der Waals surface area contributed by atoms with Gasteiger partial charge in [0, 0.05) is 57.4 Å². The predicted octanol–water partition coefficient (Wildman–Crippen LogP) is 0.384. The van der Waals surface area contributed by atoms with Gasteiger partial charge in [-0.3, -0.25) is 9.58 Å². The first-order valence-electron chi connectivity index (χ1n) is 8.45. The number of anilines is 1. The summed E-state index contributed by atoms with van der Waals surface area (Å²) in [6.07, 6.45) is 7.27. The van der Waals surface area contributed by atoms with Gasteiger partial charge in [0.1, 0.15) is 11.6 Å². The average Bonchev–Trinajstić information content (AvgIpc) is 3.33. The van der Waals surface area contributed by atoms with E-state index in [1.807, 2.05) is 36.1 Å². The van der Waals surface area contributed by atoms with Crippen molar-refractivity contribution in [3.63, 3.8) is 0 Å². The van der Waals surface area contributed by atoms with E-state index in [2.05, 4.69) is 35.2 Å². The van der Waals surface area contributed by atoms with Gasteiger partial charge in [0.15, 0.2) is 5.82 Å². The molecule has 1 fully saturated rings. The smallest absolute Gasteiger partial charge is 0.159 e. The van der Waals surface area contributed by atoms with Crippen molar-refractivity contribution in [2.45, 2.75) is 13.5 Å². The van der Waals surface area contributed by atoms with Crippen LogP contribution in [0.25, 0.3) is 5.82 Å². The van der Waals surface area contributed by atoms with Gasteiger partial charge in [0.05, 0.1) is 12.7 Å². The van der Waals surface area contributed by atoms with Crippen molar-refractivity contribution < 1.29 is 0 Å². The molecule has 9 nitrogen and oxygen atoms in total. The van der Waals surface area contributed by atoms with Crippen molar-refractivity contribution in [2.24, 2.45) is 0 Å². The van der Waals surface area contributed by atoms with E-state index in [0.717, 1.165) is 56.7 Å². The Morgan fingerprint density at radius 1 is 0.960 bits per heavy atom. The van der Waals surface area contributed by atoms with Gasteiger partial charge in [-0.25, -0.2) is 14.6 Å². The summed E-state index contributed by atoms with van der Waals surface area (Å²) in [4.78, 5) is 13.9. The van der Waals surface area contributed by atoms with Gasteiger partial charge >= 0.3 is 0 Å². The molecule has 130 valence electrons. The Bertz CT molecular complexity index is 789. The Labute approximate surface area is 145 Å². The minimum atomic E-state index is 0.761. The van der Waals surface area contributed by atoms with E-state index in [1.54, 1.807) is 17.1 Å². The van der Waals surface area contributed by atoms with Crippen LogP contribution in [0.4, 0.5) is 5.82 Å². The van der Waals surface area contributed by atoms with Crippen molar-refractivity contribution in [1.82, 2.24) is 39.6 Å². The summed E-state index contributed by atoms with van der Waals surface area (Å²) in [6, 6.07) is 3.90. The van der Waals surface area contributed by atoms with Crippen molar-refractivity contribution in [1.29, 1.82) is 0 Å². The highest BCUT2D eigenvalue weighted by Gasteiger charge is 2.19. The molecule has 4 heterocycles. The molecule has 3 aromatic rings. The third-order valence-electron chi connectivity index (χ3n) is 4.36. The molecule has 0 radical (unpaired) electrons. The molecule has 0 atom stereocenters. The van der Waals surface area contributed by atoms with Gasteiger partial charge < -0.3 is 4.90 Å². The summed E-state index contributed by atoms with van der Waals surface area (Å²) in [5.41, 5.74) is 0. The molecule has 1 aliphatic heterocycles. The normalized spacial score (nSPS) is 15.6. The molecule has 9 heteroatoms. The lowest BCUT2D eigenvalue weighted by Gasteiger charge is -2.35. The zero-order chi connectivity index (χ0) is 17.1. The fourth-order valence-electron chi connectivity index (χ4n) is 3.02. The number of piperazine rings is 1. The fraction of sp³-hybridized carbons (Fsp3) is 0.438. The lowest BCUT2D eigenvalue weighted by Crippen LogP contribution is -2.47. The number of rotatable bonds is 5. The first-order valence-corrected chi connectivity index (χ1v) is 8.45. The lowest BCUT2D eigenvalue weighted by atomic mass is 10.3. The summed E-state index contributed by atoms with van der Waals surface area (Å²) in [6.45, 7) is 7.70. The third kappa shape index (κ3) is 3.66. The molecular formula is C16H21N9. The van der Waals surface area contributed by atoms with Crippen LogP contribution in [0.3, 0.4) is 0 Å². The molecule has 0 amide bonds. The van der Waals surface area contributed by atoms with E-state index in [1.165, 1.54) is 0 Å². The molecule has 0 unspecified atom stereocenters. The number of nitrogens with zero attached hydrogens (tertiary/aromatic N) is 9. The van der Waals surface area contributed by atoms with Gasteiger partial charge in [-0.2, -0.15) is 5.10 Å². The zero-order valence-electron chi connectivity index (χ0n) is 14.2. The van der Waals surface area contributed by atoms with E-state index < -0.39 is 0 Å². The number of hydrogen-bond donors (Lipinski definition) is 0. The minimum absolute atomic E-state index is 0.761. The molecule has 3 aromatic heterocycles. The monoisotopic (exact) mass is 339 g/mol. The van der Waals surface area contributed by atoms with Gasteiger partial charge in [-0.05, 0) is 13.0 Å². The van der Waals surface area contributed by atoms with Gasteiger partial charge in [-0.15, -0.1) is 5.10 Å². The van der Waals surface area contributed by atoms with Crippen LogP contribution in [0.2, 0.25) is 0 Å². The summed E-state index contributed by atoms with van der Waals surface area (Å²) in [5, 5.41) is 12.1. The van der Waals surface area contributed by atoms with E-state index in [0.29, 0.717) is 0 Å². The molecule has 0 spiro atoms. The van der Waals surface area contributed by atoms with Crippen LogP contribution in [0.1, 0.15) is 5.82 Å². The van der Waals surface area contributed by atoms with Gasteiger partial charge in [0.2, 0.25) is 0 Å². The van der Waals surface area contributed by atoms with Crippen LogP contribution in [-0.2, 0) is 6.54 Å². The first kappa shape index (κ1) is 15.7. The molecule has 1 saturated heterocycles. The topological polar surface area (TPSA) is 80.8 Å². The molecule has 25 heavy (non-hydrogen) atoms. The standard InChI is InChI=1S/C16H21N9/c1-14-19-15(13-16(20-14)25-5-2-3-18-25)23-10-7-22(8-11-23)9-12-24-6-4-17-21-24/h2-6,13H,7-12H2,1H3. The van der Waals surface area contributed by atoms with E-state index in [9.17, 15) is 0 Å². The molecule has 0 bridgehead atoms. The van der Waals surface area contributed by atoms with Gasteiger partial charge in [0.25, 0.3) is 0 Å². The molecule has 0 saturated carbocycles. The Morgan fingerprint density at radius 2 is 1.80 bits per heavy atom.